The SMILES string of the molecule is CNCc1c(C)nn(C)c1Sc1nc(C)ns1. The Labute approximate surface area is 109 Å². The lowest BCUT2D eigenvalue weighted by Crippen LogP contribution is -2.06. The van der Waals surface area contributed by atoms with E-state index in [1.807, 2.05) is 32.6 Å². The van der Waals surface area contributed by atoms with Crippen molar-refractivity contribution in [3.8, 4) is 0 Å². The summed E-state index contributed by atoms with van der Waals surface area (Å²) in [4.78, 5) is 4.37. The number of nitrogens with zero attached hydrogens (tertiary/aromatic N) is 4. The summed E-state index contributed by atoms with van der Waals surface area (Å²) in [6.07, 6.45) is 0. The highest BCUT2D eigenvalue weighted by atomic mass is 32.2. The van der Waals surface area contributed by atoms with Crippen molar-refractivity contribution < 1.29 is 0 Å². The Morgan fingerprint density at radius 2 is 2.18 bits per heavy atom. The van der Waals surface area contributed by atoms with Crippen LogP contribution in [0.3, 0.4) is 0 Å². The molecule has 0 fully saturated rings. The molecule has 5 nitrogen and oxygen atoms in total. The third kappa shape index (κ3) is 2.67. The molecular weight excluding hydrogens is 254 g/mol. The fraction of sp³-hybridized carbons (Fsp3) is 0.500. The van der Waals surface area contributed by atoms with E-state index in [9.17, 15) is 0 Å². The smallest absolute Gasteiger partial charge is 0.176 e. The molecule has 1 N–H and O–H groups in total. The zero-order valence-corrected chi connectivity index (χ0v) is 11.9. The zero-order valence-electron chi connectivity index (χ0n) is 10.3. The number of rotatable bonds is 4. The van der Waals surface area contributed by atoms with Gasteiger partial charge in [0.1, 0.15) is 10.9 Å². The molecule has 2 aromatic heterocycles. The molecule has 0 atom stereocenters. The summed E-state index contributed by atoms with van der Waals surface area (Å²) in [6, 6.07) is 0. The fourth-order valence-electron chi connectivity index (χ4n) is 1.59. The normalized spacial score (nSPS) is 11.1. The molecule has 0 aromatic carbocycles. The maximum absolute atomic E-state index is 4.44. The van der Waals surface area contributed by atoms with Gasteiger partial charge in [-0.2, -0.15) is 9.47 Å². The number of nitrogens with one attached hydrogen (secondary N) is 1. The summed E-state index contributed by atoms with van der Waals surface area (Å²) < 4.78 is 7.06. The number of aryl methyl sites for hydroxylation is 3. The van der Waals surface area contributed by atoms with Gasteiger partial charge >= 0.3 is 0 Å². The summed E-state index contributed by atoms with van der Waals surface area (Å²) in [5.41, 5.74) is 2.29. The second-order valence-corrected chi connectivity index (χ2v) is 5.72. The molecule has 0 aliphatic heterocycles. The first-order chi connectivity index (χ1) is 8.11. The zero-order chi connectivity index (χ0) is 12.4. The highest BCUT2D eigenvalue weighted by Gasteiger charge is 2.15. The predicted molar refractivity (Wildman–Crippen MR) is 69.5 cm³/mol. The highest BCUT2D eigenvalue weighted by molar-refractivity contribution is 8.00. The average molecular weight is 269 g/mol. The van der Waals surface area contributed by atoms with Crippen molar-refractivity contribution in [3.05, 3.63) is 17.1 Å². The molecule has 0 aliphatic rings. The first-order valence-corrected chi connectivity index (χ1v) is 6.86. The highest BCUT2D eigenvalue weighted by Crippen LogP contribution is 2.32. The van der Waals surface area contributed by atoms with Gasteiger partial charge in [0, 0.05) is 19.2 Å². The number of hydrogen-bond donors (Lipinski definition) is 1. The van der Waals surface area contributed by atoms with Gasteiger partial charge in [-0.1, -0.05) is 0 Å². The van der Waals surface area contributed by atoms with E-state index in [4.69, 9.17) is 0 Å². The molecule has 0 bridgehead atoms. The minimum Gasteiger partial charge on any atom is -0.316 e. The first-order valence-electron chi connectivity index (χ1n) is 5.27. The van der Waals surface area contributed by atoms with Gasteiger partial charge < -0.3 is 5.32 Å². The van der Waals surface area contributed by atoms with Crippen LogP contribution in [0.1, 0.15) is 17.1 Å². The largest absolute Gasteiger partial charge is 0.316 e. The van der Waals surface area contributed by atoms with Crippen molar-refractivity contribution in [1.29, 1.82) is 0 Å². The van der Waals surface area contributed by atoms with Gasteiger partial charge in [0.05, 0.1) is 5.69 Å². The third-order valence-electron chi connectivity index (χ3n) is 2.34. The van der Waals surface area contributed by atoms with Crippen molar-refractivity contribution >= 4 is 23.3 Å². The molecule has 0 saturated heterocycles. The maximum Gasteiger partial charge on any atom is 0.176 e. The molecule has 0 amide bonds. The molecule has 0 radical (unpaired) electrons. The molecule has 0 unspecified atom stereocenters. The van der Waals surface area contributed by atoms with Crippen LogP contribution in [0.5, 0.6) is 0 Å². The van der Waals surface area contributed by atoms with Crippen molar-refractivity contribution in [2.75, 3.05) is 7.05 Å². The summed E-state index contributed by atoms with van der Waals surface area (Å²) in [6.45, 7) is 4.76. The van der Waals surface area contributed by atoms with Gasteiger partial charge in [-0.05, 0) is 44.2 Å². The van der Waals surface area contributed by atoms with Crippen molar-refractivity contribution in [3.63, 3.8) is 0 Å². The van der Waals surface area contributed by atoms with Crippen LogP contribution in [0.2, 0.25) is 0 Å². The van der Waals surface area contributed by atoms with Gasteiger partial charge in [-0.3, -0.25) is 4.68 Å². The van der Waals surface area contributed by atoms with Crippen LogP contribution in [0.15, 0.2) is 9.37 Å². The topological polar surface area (TPSA) is 55.6 Å². The van der Waals surface area contributed by atoms with E-state index in [1.165, 1.54) is 17.1 Å². The molecule has 17 heavy (non-hydrogen) atoms. The first kappa shape index (κ1) is 12.5. The standard InChI is InChI=1S/C10H15N5S2/c1-6-8(5-11-3)9(15(4)13-6)16-10-12-7(2)14-17-10/h11H,5H2,1-4H3. The molecule has 2 heterocycles. The van der Waals surface area contributed by atoms with Gasteiger partial charge in [-0.15, -0.1) is 0 Å². The van der Waals surface area contributed by atoms with Crippen LogP contribution in [0.25, 0.3) is 0 Å². The molecule has 2 rings (SSSR count). The van der Waals surface area contributed by atoms with Gasteiger partial charge in [0.15, 0.2) is 4.34 Å². The molecule has 0 saturated carbocycles. The Balaban J connectivity index is 2.31. The van der Waals surface area contributed by atoms with E-state index >= 15 is 0 Å². The van der Waals surface area contributed by atoms with Crippen LogP contribution in [0.4, 0.5) is 0 Å². The average Bonchev–Trinajstić information content (AvgIpc) is 2.78. The predicted octanol–water partition coefficient (Wildman–Crippen LogP) is 1.76. The van der Waals surface area contributed by atoms with Crippen LogP contribution in [-0.4, -0.2) is 26.2 Å². The van der Waals surface area contributed by atoms with E-state index in [0.29, 0.717) is 0 Å². The number of hydrogen-bond acceptors (Lipinski definition) is 6. The van der Waals surface area contributed by atoms with E-state index in [2.05, 4.69) is 19.8 Å². The molecule has 7 heteroatoms. The van der Waals surface area contributed by atoms with Gasteiger partial charge in [0.25, 0.3) is 0 Å². The van der Waals surface area contributed by atoms with Crippen LogP contribution in [0, 0.1) is 13.8 Å². The Morgan fingerprint density at radius 3 is 2.76 bits per heavy atom. The van der Waals surface area contributed by atoms with E-state index in [1.54, 1.807) is 11.8 Å². The summed E-state index contributed by atoms with van der Waals surface area (Å²) in [5.74, 6) is 0.826. The Hall–Kier alpha value is -0.920. The Morgan fingerprint density at radius 1 is 1.41 bits per heavy atom. The Bertz CT molecular complexity index is 517. The van der Waals surface area contributed by atoms with Crippen molar-refractivity contribution in [1.82, 2.24) is 24.5 Å². The number of aromatic nitrogens is 4. The lowest BCUT2D eigenvalue weighted by molar-refractivity contribution is 0.683. The minimum atomic E-state index is 0.819. The molecule has 0 spiro atoms. The van der Waals surface area contributed by atoms with E-state index in [-0.39, 0.29) is 0 Å². The van der Waals surface area contributed by atoms with E-state index < -0.39 is 0 Å². The van der Waals surface area contributed by atoms with E-state index in [0.717, 1.165) is 27.4 Å². The Kier molecular flexibility index (Phi) is 3.80. The van der Waals surface area contributed by atoms with Crippen LogP contribution in [-0.2, 0) is 13.6 Å². The van der Waals surface area contributed by atoms with Gasteiger partial charge in [0.2, 0.25) is 0 Å². The maximum atomic E-state index is 4.44. The van der Waals surface area contributed by atoms with Crippen molar-refractivity contribution in [2.45, 2.75) is 29.8 Å². The van der Waals surface area contributed by atoms with Crippen LogP contribution >= 0.6 is 23.3 Å². The monoisotopic (exact) mass is 269 g/mol. The molecular formula is C10H15N5S2. The lowest BCUT2D eigenvalue weighted by Gasteiger charge is -2.03. The quantitative estimate of drug-likeness (QED) is 0.916. The second-order valence-electron chi connectivity index (χ2n) is 3.73. The molecule has 92 valence electrons. The summed E-state index contributed by atoms with van der Waals surface area (Å²) in [7, 11) is 3.90. The van der Waals surface area contributed by atoms with Crippen molar-refractivity contribution in [2.24, 2.45) is 7.05 Å². The summed E-state index contributed by atoms with van der Waals surface area (Å²) in [5, 5.41) is 8.75. The second kappa shape index (κ2) is 5.16. The third-order valence-corrected chi connectivity index (χ3v) is 4.38. The lowest BCUT2D eigenvalue weighted by atomic mass is 10.3. The molecule has 0 aliphatic carbocycles. The fourth-order valence-corrected chi connectivity index (χ4v) is 3.37. The minimum absolute atomic E-state index is 0.819. The van der Waals surface area contributed by atoms with Gasteiger partial charge in [-0.25, -0.2) is 4.98 Å². The summed E-state index contributed by atoms with van der Waals surface area (Å²) >= 11 is 3.06. The molecule has 2 aromatic rings. The van der Waals surface area contributed by atoms with Crippen LogP contribution < -0.4 is 5.32 Å².